The number of thioether (sulfide) groups is 1. The number of hydrogen-bond donors (Lipinski definition) is 1. The van der Waals surface area contributed by atoms with Gasteiger partial charge in [0.15, 0.2) is 0 Å². The Kier molecular flexibility index (Phi) is 7.41. The van der Waals surface area contributed by atoms with E-state index in [-0.39, 0.29) is 17.6 Å². The predicted octanol–water partition coefficient (Wildman–Crippen LogP) is 3.15. The molecular formula is C19H25N3O4S. The number of nitrogens with one attached hydrogen (secondary N) is 1. The molecule has 1 N–H and O–H groups in total. The Balaban J connectivity index is 1.94. The number of carbonyl (C=O) groups is 2. The van der Waals surface area contributed by atoms with Crippen molar-refractivity contribution in [2.75, 3.05) is 12.9 Å². The Morgan fingerprint density at radius 2 is 1.96 bits per heavy atom. The van der Waals surface area contributed by atoms with Crippen LogP contribution in [0.15, 0.2) is 27.8 Å². The summed E-state index contributed by atoms with van der Waals surface area (Å²) in [5.74, 6) is -0.00854. The molecule has 0 aliphatic rings. The van der Waals surface area contributed by atoms with Crippen molar-refractivity contribution in [3.63, 3.8) is 0 Å². The first-order valence-corrected chi connectivity index (χ1v) is 9.69. The van der Waals surface area contributed by atoms with Crippen LogP contribution < -0.4 is 5.32 Å². The highest BCUT2D eigenvalue weighted by molar-refractivity contribution is 7.99. The number of aromatic nitrogens is 2. The van der Waals surface area contributed by atoms with Gasteiger partial charge in [-0.05, 0) is 49.4 Å². The van der Waals surface area contributed by atoms with Gasteiger partial charge in [0.1, 0.15) is 6.04 Å². The number of benzene rings is 1. The van der Waals surface area contributed by atoms with Gasteiger partial charge >= 0.3 is 5.97 Å². The molecule has 1 amide bonds. The zero-order chi connectivity index (χ0) is 20.0. The first-order chi connectivity index (χ1) is 12.8. The average Bonchev–Trinajstić information content (AvgIpc) is 3.09. The Morgan fingerprint density at radius 1 is 1.22 bits per heavy atom. The van der Waals surface area contributed by atoms with E-state index in [9.17, 15) is 9.59 Å². The fourth-order valence-electron chi connectivity index (χ4n) is 2.45. The second kappa shape index (κ2) is 9.55. The van der Waals surface area contributed by atoms with Gasteiger partial charge in [0.05, 0.1) is 12.9 Å². The van der Waals surface area contributed by atoms with Gasteiger partial charge in [0, 0.05) is 5.56 Å². The van der Waals surface area contributed by atoms with Crippen LogP contribution >= 0.6 is 11.8 Å². The zero-order valence-corrected chi connectivity index (χ0v) is 17.1. The Labute approximate surface area is 163 Å². The predicted molar refractivity (Wildman–Crippen MR) is 103 cm³/mol. The van der Waals surface area contributed by atoms with Crippen LogP contribution in [0.25, 0.3) is 11.5 Å². The molecule has 2 rings (SSSR count). The Morgan fingerprint density at radius 3 is 2.59 bits per heavy atom. The molecule has 146 valence electrons. The summed E-state index contributed by atoms with van der Waals surface area (Å²) in [6, 6.07) is 5.24. The molecule has 1 aromatic carbocycles. The maximum absolute atomic E-state index is 12.2. The van der Waals surface area contributed by atoms with Gasteiger partial charge in [-0.15, -0.1) is 10.2 Å². The molecule has 0 bridgehead atoms. The van der Waals surface area contributed by atoms with Crippen LogP contribution in [0, 0.1) is 19.8 Å². The smallest absolute Gasteiger partial charge is 0.328 e. The van der Waals surface area contributed by atoms with Crippen LogP contribution in [0.4, 0.5) is 0 Å². The van der Waals surface area contributed by atoms with Crippen LogP contribution in [-0.4, -0.2) is 41.0 Å². The number of aryl methyl sites for hydroxylation is 2. The number of hydrogen-bond acceptors (Lipinski definition) is 7. The van der Waals surface area contributed by atoms with Crippen molar-refractivity contribution < 1.29 is 18.7 Å². The van der Waals surface area contributed by atoms with Crippen LogP contribution in [0.5, 0.6) is 0 Å². The van der Waals surface area contributed by atoms with E-state index in [2.05, 4.69) is 15.5 Å². The highest BCUT2D eigenvalue weighted by atomic mass is 32.2. The van der Waals surface area contributed by atoms with Crippen molar-refractivity contribution >= 4 is 23.6 Å². The van der Waals surface area contributed by atoms with Crippen LogP contribution in [-0.2, 0) is 14.3 Å². The summed E-state index contributed by atoms with van der Waals surface area (Å²) in [7, 11) is 1.31. The highest BCUT2D eigenvalue weighted by Gasteiger charge is 2.23. The topological polar surface area (TPSA) is 94.3 Å². The molecule has 1 heterocycles. The van der Waals surface area contributed by atoms with Gasteiger partial charge in [-0.25, -0.2) is 4.79 Å². The largest absolute Gasteiger partial charge is 0.467 e. The summed E-state index contributed by atoms with van der Waals surface area (Å²) >= 11 is 1.13. The van der Waals surface area contributed by atoms with E-state index in [0.29, 0.717) is 17.5 Å². The average molecular weight is 391 g/mol. The highest BCUT2D eigenvalue weighted by Crippen LogP contribution is 2.24. The normalized spacial score (nSPS) is 12.1. The number of amides is 1. The SMILES string of the molecule is COC(=O)[C@H](CC(C)C)NC(=O)CSc1nnc(-c2ccc(C)c(C)c2)o1. The summed E-state index contributed by atoms with van der Waals surface area (Å²) in [5.41, 5.74) is 3.16. The lowest BCUT2D eigenvalue weighted by molar-refractivity contribution is -0.145. The molecule has 0 unspecified atom stereocenters. The fraction of sp³-hybridized carbons (Fsp3) is 0.474. The summed E-state index contributed by atoms with van der Waals surface area (Å²) in [4.78, 5) is 23.9. The first-order valence-electron chi connectivity index (χ1n) is 8.71. The Bertz CT molecular complexity index is 804. The maximum atomic E-state index is 12.2. The summed E-state index contributed by atoms with van der Waals surface area (Å²) in [6.45, 7) is 8.00. The monoisotopic (exact) mass is 391 g/mol. The first kappa shape index (κ1) is 21.0. The van der Waals surface area contributed by atoms with E-state index in [4.69, 9.17) is 9.15 Å². The Hall–Kier alpha value is -2.35. The number of carbonyl (C=O) groups excluding carboxylic acids is 2. The van der Waals surface area contributed by atoms with Crippen molar-refractivity contribution in [1.29, 1.82) is 0 Å². The minimum atomic E-state index is -0.656. The third-order valence-corrected chi connectivity index (χ3v) is 4.83. The standard InChI is InChI=1S/C19H25N3O4S/c1-11(2)8-15(18(24)25-5)20-16(23)10-27-19-22-21-17(26-19)14-7-6-12(3)13(4)9-14/h6-7,9,11,15H,8,10H2,1-5H3,(H,20,23)/t15-/m0/s1. The van der Waals surface area contributed by atoms with Gasteiger partial charge in [0.2, 0.25) is 11.8 Å². The maximum Gasteiger partial charge on any atom is 0.328 e. The van der Waals surface area contributed by atoms with Gasteiger partial charge < -0.3 is 14.5 Å². The van der Waals surface area contributed by atoms with Crippen molar-refractivity contribution in [3.05, 3.63) is 29.3 Å². The molecule has 0 spiro atoms. The van der Waals surface area contributed by atoms with Crippen molar-refractivity contribution in [2.24, 2.45) is 5.92 Å². The minimum absolute atomic E-state index is 0.0696. The van der Waals surface area contributed by atoms with E-state index >= 15 is 0 Å². The van der Waals surface area contributed by atoms with E-state index in [0.717, 1.165) is 22.9 Å². The van der Waals surface area contributed by atoms with Crippen LogP contribution in [0.2, 0.25) is 0 Å². The molecule has 1 atom stereocenters. The molecule has 1 aromatic heterocycles. The summed E-state index contributed by atoms with van der Waals surface area (Å²) in [5, 5.41) is 11.0. The molecule has 0 fully saturated rings. The van der Waals surface area contributed by atoms with Crippen LogP contribution in [0.3, 0.4) is 0 Å². The second-order valence-electron chi connectivity index (χ2n) is 6.73. The summed E-state index contributed by atoms with van der Waals surface area (Å²) in [6.07, 6.45) is 0.514. The molecule has 8 heteroatoms. The van der Waals surface area contributed by atoms with Gasteiger partial charge in [-0.3, -0.25) is 4.79 Å². The van der Waals surface area contributed by atoms with E-state index in [1.165, 1.54) is 12.7 Å². The second-order valence-corrected chi connectivity index (χ2v) is 7.66. The molecule has 27 heavy (non-hydrogen) atoms. The molecule has 0 saturated carbocycles. The molecule has 0 aliphatic carbocycles. The van der Waals surface area contributed by atoms with Crippen molar-refractivity contribution in [3.8, 4) is 11.5 Å². The molecule has 0 radical (unpaired) electrons. The molecule has 7 nitrogen and oxygen atoms in total. The number of rotatable bonds is 8. The van der Waals surface area contributed by atoms with Gasteiger partial charge in [-0.2, -0.15) is 0 Å². The number of methoxy groups -OCH3 is 1. The van der Waals surface area contributed by atoms with E-state index in [1.807, 2.05) is 45.9 Å². The number of ether oxygens (including phenoxy) is 1. The lowest BCUT2D eigenvalue weighted by atomic mass is 10.0. The van der Waals surface area contributed by atoms with E-state index in [1.54, 1.807) is 0 Å². The molecular weight excluding hydrogens is 366 g/mol. The minimum Gasteiger partial charge on any atom is -0.467 e. The van der Waals surface area contributed by atoms with Crippen molar-refractivity contribution in [1.82, 2.24) is 15.5 Å². The third kappa shape index (κ3) is 6.09. The van der Waals surface area contributed by atoms with Gasteiger partial charge in [0.25, 0.3) is 5.22 Å². The van der Waals surface area contributed by atoms with E-state index < -0.39 is 12.0 Å². The van der Waals surface area contributed by atoms with Gasteiger partial charge in [-0.1, -0.05) is 31.7 Å². The lowest BCUT2D eigenvalue weighted by Crippen LogP contribution is -2.43. The fourth-order valence-corrected chi connectivity index (χ4v) is 3.02. The summed E-state index contributed by atoms with van der Waals surface area (Å²) < 4.78 is 10.4. The molecule has 2 aromatic rings. The number of nitrogens with zero attached hydrogens (tertiary/aromatic N) is 2. The van der Waals surface area contributed by atoms with Crippen molar-refractivity contribution in [2.45, 2.75) is 45.4 Å². The molecule has 0 saturated heterocycles. The molecule has 0 aliphatic heterocycles. The zero-order valence-electron chi connectivity index (χ0n) is 16.2. The van der Waals surface area contributed by atoms with Crippen LogP contribution in [0.1, 0.15) is 31.4 Å². The quantitative estimate of drug-likeness (QED) is 0.545. The third-order valence-electron chi connectivity index (χ3n) is 4.02. The number of esters is 1. The lowest BCUT2D eigenvalue weighted by Gasteiger charge is -2.17.